The Hall–Kier alpha value is -1.22. The van der Waals surface area contributed by atoms with Crippen LogP contribution in [0.3, 0.4) is 0 Å². The molecule has 4 aliphatic rings. The molecule has 8 atom stereocenters. The van der Waals surface area contributed by atoms with Gasteiger partial charge in [-0.05, 0) is 116 Å². The highest BCUT2D eigenvalue weighted by atomic mass is 28.4. The van der Waals surface area contributed by atoms with Crippen LogP contribution in [0.15, 0.2) is 47.6 Å². The molecule has 46 heavy (non-hydrogen) atoms. The summed E-state index contributed by atoms with van der Waals surface area (Å²) in [6, 6.07) is 0. The van der Waals surface area contributed by atoms with Crippen molar-refractivity contribution in [3.8, 4) is 0 Å². The van der Waals surface area contributed by atoms with Gasteiger partial charge in [0.1, 0.15) is 6.10 Å². The molecule has 3 aliphatic carbocycles. The predicted molar refractivity (Wildman–Crippen MR) is 199 cm³/mol. The van der Waals surface area contributed by atoms with Crippen LogP contribution in [0.25, 0.3) is 0 Å². The van der Waals surface area contributed by atoms with Crippen molar-refractivity contribution in [2.75, 3.05) is 0 Å². The molecular weight excluding hydrogens is 601 g/mol. The van der Waals surface area contributed by atoms with Gasteiger partial charge in [-0.25, -0.2) is 4.79 Å². The number of hydrogen-bond acceptors (Lipinski definition) is 4. The molecule has 0 aromatic rings. The number of fused-ring (bicyclic) bond motifs is 1. The average molecular weight is 669 g/mol. The van der Waals surface area contributed by atoms with Crippen molar-refractivity contribution in [1.29, 1.82) is 0 Å². The molecule has 0 radical (unpaired) electrons. The Morgan fingerprint density at radius 3 is 2.15 bits per heavy atom. The Kier molecular flexibility index (Phi) is 10.8. The predicted octanol–water partition coefficient (Wildman–Crippen LogP) is 11.3. The van der Waals surface area contributed by atoms with Gasteiger partial charge in [-0.3, -0.25) is 0 Å². The van der Waals surface area contributed by atoms with Crippen LogP contribution in [0.1, 0.15) is 114 Å². The number of esters is 1. The van der Waals surface area contributed by atoms with E-state index >= 15 is 0 Å². The zero-order valence-corrected chi connectivity index (χ0v) is 33.9. The van der Waals surface area contributed by atoms with Crippen LogP contribution in [0.4, 0.5) is 0 Å². The topological polar surface area (TPSA) is 44.8 Å². The van der Waals surface area contributed by atoms with E-state index in [1.165, 1.54) is 37.7 Å². The van der Waals surface area contributed by atoms with Gasteiger partial charge in [0, 0.05) is 17.9 Å². The van der Waals surface area contributed by atoms with Gasteiger partial charge in [0.25, 0.3) is 0 Å². The molecule has 0 spiro atoms. The largest absolute Gasteiger partial charge is 0.459 e. The average Bonchev–Trinajstić information content (AvgIpc) is 3.43. The van der Waals surface area contributed by atoms with Crippen LogP contribution in [0.2, 0.25) is 36.3 Å². The van der Waals surface area contributed by atoms with E-state index in [0.717, 1.165) is 18.4 Å². The summed E-state index contributed by atoms with van der Waals surface area (Å²) in [6.07, 6.45) is 13.8. The molecule has 1 saturated heterocycles. The molecule has 1 aliphatic heterocycles. The second-order valence-corrected chi connectivity index (χ2v) is 28.4. The highest BCUT2D eigenvalue weighted by Gasteiger charge is 2.52. The fourth-order valence-electron chi connectivity index (χ4n) is 8.55. The molecule has 0 bridgehead atoms. The fraction of sp³-hybridized carbons (Fsp3) is 0.775. The van der Waals surface area contributed by atoms with Crippen molar-refractivity contribution in [3.05, 3.63) is 47.6 Å². The Labute approximate surface area is 285 Å². The molecule has 3 saturated carbocycles. The van der Waals surface area contributed by atoms with Crippen LogP contribution >= 0.6 is 0 Å². The van der Waals surface area contributed by atoms with Gasteiger partial charge in [-0.15, -0.1) is 0 Å². The van der Waals surface area contributed by atoms with Crippen molar-refractivity contribution < 1.29 is 18.4 Å². The van der Waals surface area contributed by atoms with E-state index in [0.29, 0.717) is 35.2 Å². The third-order valence-electron chi connectivity index (χ3n) is 13.6. The summed E-state index contributed by atoms with van der Waals surface area (Å²) in [7, 11) is -4.02. The molecule has 0 N–H and O–H groups in total. The Morgan fingerprint density at radius 2 is 1.59 bits per heavy atom. The number of hydrogen-bond donors (Lipinski definition) is 0. The van der Waals surface area contributed by atoms with Crippen molar-refractivity contribution in [3.63, 3.8) is 0 Å². The molecule has 0 unspecified atom stereocenters. The quantitative estimate of drug-likeness (QED) is 0.147. The highest BCUT2D eigenvalue weighted by Crippen LogP contribution is 2.60. The first-order valence-corrected chi connectivity index (χ1v) is 24.1. The van der Waals surface area contributed by atoms with Gasteiger partial charge >= 0.3 is 5.97 Å². The summed E-state index contributed by atoms with van der Waals surface area (Å²) in [5.74, 6) is 1.85. The summed E-state index contributed by atoms with van der Waals surface area (Å²) < 4.78 is 20.0. The van der Waals surface area contributed by atoms with Crippen molar-refractivity contribution >= 4 is 22.6 Å². The normalized spacial score (nSPS) is 35.5. The second-order valence-electron chi connectivity index (χ2n) is 18.9. The lowest BCUT2D eigenvalue weighted by Crippen LogP contribution is -2.53. The van der Waals surface area contributed by atoms with Crippen molar-refractivity contribution in [2.45, 2.75) is 168 Å². The van der Waals surface area contributed by atoms with E-state index in [1.807, 2.05) is 0 Å². The number of carbonyl (C=O) groups excluding carboxylic acids is 1. The van der Waals surface area contributed by atoms with Crippen LogP contribution < -0.4 is 0 Å². The van der Waals surface area contributed by atoms with Crippen LogP contribution in [-0.2, 0) is 18.4 Å². The second kappa shape index (κ2) is 13.2. The number of rotatable bonds is 8. The summed E-state index contributed by atoms with van der Waals surface area (Å²) in [4.78, 5) is 12.0. The lowest BCUT2D eigenvalue weighted by molar-refractivity contribution is -0.139. The lowest BCUT2D eigenvalue weighted by Gasteiger charge is -2.48. The number of carbonyl (C=O) groups is 1. The minimum atomic E-state index is -2.03. The standard InChI is InChI=1S/C40H68O4Si2/c1-26(23-32-24-27(2)37(41)42-32)33-20-21-34-30(17-16-22-40(33,34)11)18-19-31-25-35(43-45(12,13)38(5,6)7)29(4)36(28(31)3)44-46(14,15)39(8,9)10/h18-19,26,29,32-36H,2-3,16-17,20-25H2,1,4-15H3/b30-18+,31-19-/t26-,29+,32+,33-,34+,35+,36-,40-/m1/s1. The summed E-state index contributed by atoms with van der Waals surface area (Å²) in [5.41, 5.74) is 5.02. The third kappa shape index (κ3) is 7.50. The van der Waals surface area contributed by atoms with E-state index < -0.39 is 16.6 Å². The SMILES string of the molecule is C=C1C[C@H](C[C@@H](C)[C@H]2CC[C@H]3/C(=C/C=C4/C[C@H](O[Si](C)(C)C(C)(C)C)[C@H](C)[C@H](O[Si](C)(C)C(C)(C)C)C4=C)CCC[C@]23C)OC1=O. The van der Waals surface area contributed by atoms with Gasteiger partial charge < -0.3 is 13.6 Å². The zero-order valence-electron chi connectivity index (χ0n) is 31.9. The molecule has 1 heterocycles. The Balaban J connectivity index is 1.60. The monoisotopic (exact) mass is 668 g/mol. The fourth-order valence-corrected chi connectivity index (χ4v) is 11.3. The van der Waals surface area contributed by atoms with Gasteiger partial charge in [0.05, 0.1) is 12.2 Å². The molecule has 0 aromatic heterocycles. The molecular formula is C40H68O4Si2. The first-order valence-electron chi connectivity index (χ1n) is 18.3. The van der Waals surface area contributed by atoms with Gasteiger partial charge in [0.2, 0.25) is 0 Å². The van der Waals surface area contributed by atoms with Crippen LogP contribution in [-0.4, -0.2) is 40.9 Å². The van der Waals surface area contributed by atoms with Crippen molar-refractivity contribution in [2.24, 2.45) is 29.1 Å². The summed E-state index contributed by atoms with van der Waals surface area (Å²) in [6.45, 7) is 39.4. The minimum absolute atomic E-state index is 0.00339. The maximum atomic E-state index is 12.0. The van der Waals surface area contributed by atoms with E-state index in [2.05, 4.69) is 107 Å². The molecule has 4 rings (SSSR count). The molecule has 0 aromatic carbocycles. The van der Waals surface area contributed by atoms with Gasteiger partial charge in [-0.1, -0.05) is 93.2 Å². The number of cyclic esters (lactones) is 1. The minimum Gasteiger partial charge on any atom is -0.459 e. The van der Waals surface area contributed by atoms with E-state index in [9.17, 15) is 4.79 Å². The first-order chi connectivity index (χ1) is 21.0. The Bertz CT molecular complexity index is 1230. The molecule has 4 nitrogen and oxygen atoms in total. The van der Waals surface area contributed by atoms with E-state index in [4.69, 9.17) is 20.2 Å². The number of allylic oxidation sites excluding steroid dienone is 3. The first kappa shape index (κ1) is 37.6. The number of ether oxygens (including phenoxy) is 1. The summed E-state index contributed by atoms with van der Waals surface area (Å²) in [5, 5.41) is 0.279. The molecule has 4 fully saturated rings. The van der Waals surface area contributed by atoms with Crippen LogP contribution in [0, 0.1) is 29.1 Å². The van der Waals surface area contributed by atoms with Gasteiger partial charge in [-0.2, -0.15) is 0 Å². The molecule has 6 heteroatoms. The maximum absolute atomic E-state index is 12.0. The lowest BCUT2D eigenvalue weighted by atomic mass is 9.60. The van der Waals surface area contributed by atoms with Crippen LogP contribution in [0.5, 0.6) is 0 Å². The van der Waals surface area contributed by atoms with Crippen molar-refractivity contribution in [1.82, 2.24) is 0 Å². The third-order valence-corrected chi connectivity index (χ3v) is 22.6. The highest BCUT2D eigenvalue weighted by molar-refractivity contribution is 6.74. The van der Waals surface area contributed by atoms with E-state index in [1.54, 1.807) is 5.57 Å². The van der Waals surface area contributed by atoms with Gasteiger partial charge in [0.15, 0.2) is 16.6 Å². The zero-order chi connectivity index (χ0) is 34.6. The molecule has 0 amide bonds. The Morgan fingerprint density at radius 1 is 0.978 bits per heavy atom. The summed E-state index contributed by atoms with van der Waals surface area (Å²) >= 11 is 0. The molecule has 260 valence electrons. The van der Waals surface area contributed by atoms with E-state index in [-0.39, 0.29) is 40.3 Å². The maximum Gasteiger partial charge on any atom is 0.333 e. The smallest absolute Gasteiger partial charge is 0.333 e.